The molecular formula is C14H30OSi. The van der Waals surface area contributed by atoms with Crippen molar-refractivity contribution in [1.29, 1.82) is 0 Å². The van der Waals surface area contributed by atoms with E-state index in [0.29, 0.717) is 0 Å². The van der Waals surface area contributed by atoms with E-state index in [9.17, 15) is 5.11 Å². The summed E-state index contributed by atoms with van der Waals surface area (Å²) in [5.41, 5.74) is 3.70. The Labute approximate surface area is 103 Å². The van der Waals surface area contributed by atoms with Crippen LogP contribution in [-0.2, 0) is 0 Å². The maximum Gasteiger partial charge on any atom is 0.0743 e. The molecule has 0 aromatic carbocycles. The molecule has 1 unspecified atom stereocenters. The summed E-state index contributed by atoms with van der Waals surface area (Å²) >= 11 is 0. The van der Waals surface area contributed by atoms with Gasteiger partial charge in [0, 0.05) is 0 Å². The van der Waals surface area contributed by atoms with Gasteiger partial charge in [0.2, 0.25) is 0 Å². The highest BCUT2D eigenvalue weighted by atomic mass is 28.3. The third kappa shape index (κ3) is 8.11. The molecule has 96 valence electrons. The SMILES string of the molecule is CCCCCC/C(=C\[Si](C)(C)C)C(O)CC. The smallest absolute Gasteiger partial charge is 0.0743 e. The van der Waals surface area contributed by atoms with Crippen LogP contribution in [0.5, 0.6) is 0 Å². The quantitative estimate of drug-likeness (QED) is 0.490. The van der Waals surface area contributed by atoms with E-state index < -0.39 is 8.07 Å². The van der Waals surface area contributed by atoms with Gasteiger partial charge in [-0.2, -0.15) is 0 Å². The summed E-state index contributed by atoms with van der Waals surface area (Å²) < 4.78 is 0. The van der Waals surface area contributed by atoms with Gasteiger partial charge in [-0.05, 0) is 24.8 Å². The molecule has 0 saturated heterocycles. The van der Waals surface area contributed by atoms with E-state index in [1.165, 1.54) is 31.3 Å². The number of unbranched alkanes of at least 4 members (excludes halogenated alkanes) is 3. The van der Waals surface area contributed by atoms with Gasteiger partial charge in [-0.3, -0.25) is 0 Å². The zero-order valence-electron chi connectivity index (χ0n) is 11.8. The fourth-order valence-corrected chi connectivity index (χ4v) is 3.36. The standard InChI is InChI=1S/C14H30OSi/c1-6-8-9-10-11-13(14(15)7-2)12-16(3,4)5/h12,14-15H,6-11H2,1-5H3/b13-12+. The zero-order chi connectivity index (χ0) is 12.6. The molecule has 0 aliphatic carbocycles. The minimum Gasteiger partial charge on any atom is -0.389 e. The molecule has 2 heteroatoms. The second-order valence-electron chi connectivity index (χ2n) is 5.82. The minimum atomic E-state index is -1.19. The Morgan fingerprint density at radius 2 is 1.75 bits per heavy atom. The first-order valence-electron chi connectivity index (χ1n) is 6.80. The van der Waals surface area contributed by atoms with Gasteiger partial charge in [-0.1, -0.05) is 58.5 Å². The van der Waals surface area contributed by atoms with Gasteiger partial charge >= 0.3 is 0 Å². The number of aliphatic hydroxyl groups is 1. The third-order valence-corrected chi connectivity index (χ3v) is 3.99. The molecule has 0 amide bonds. The molecule has 0 spiro atoms. The first-order chi connectivity index (χ1) is 7.40. The second-order valence-corrected chi connectivity index (χ2v) is 10.8. The molecule has 0 saturated carbocycles. The molecular weight excluding hydrogens is 212 g/mol. The third-order valence-electron chi connectivity index (χ3n) is 2.75. The molecule has 16 heavy (non-hydrogen) atoms. The Kier molecular flexibility index (Phi) is 8.03. The van der Waals surface area contributed by atoms with Gasteiger partial charge in [-0.25, -0.2) is 0 Å². The average molecular weight is 242 g/mol. The lowest BCUT2D eigenvalue weighted by Crippen LogP contribution is -2.20. The molecule has 0 radical (unpaired) electrons. The summed E-state index contributed by atoms with van der Waals surface area (Å²) in [6.07, 6.45) is 6.89. The van der Waals surface area contributed by atoms with Crippen molar-refractivity contribution in [2.75, 3.05) is 0 Å². The summed E-state index contributed by atoms with van der Waals surface area (Å²) in [4.78, 5) is 0. The fourth-order valence-electron chi connectivity index (χ4n) is 1.91. The number of rotatable bonds is 8. The normalized spacial score (nSPS) is 15.2. The molecule has 0 bridgehead atoms. The number of aliphatic hydroxyl groups excluding tert-OH is 1. The van der Waals surface area contributed by atoms with E-state index in [-0.39, 0.29) is 6.10 Å². The van der Waals surface area contributed by atoms with Crippen LogP contribution in [0.4, 0.5) is 0 Å². The molecule has 0 aromatic rings. The lowest BCUT2D eigenvalue weighted by molar-refractivity contribution is 0.202. The number of hydrogen-bond acceptors (Lipinski definition) is 1. The first kappa shape index (κ1) is 15.9. The lowest BCUT2D eigenvalue weighted by Gasteiger charge is -2.18. The van der Waals surface area contributed by atoms with Crippen LogP contribution in [0.2, 0.25) is 19.6 Å². The van der Waals surface area contributed by atoms with E-state index in [0.717, 1.165) is 12.8 Å². The van der Waals surface area contributed by atoms with E-state index in [2.05, 4.69) is 39.2 Å². The van der Waals surface area contributed by atoms with Gasteiger partial charge in [0.15, 0.2) is 0 Å². The van der Waals surface area contributed by atoms with Crippen LogP contribution in [0.3, 0.4) is 0 Å². The maximum atomic E-state index is 9.99. The maximum absolute atomic E-state index is 9.99. The van der Waals surface area contributed by atoms with Crippen molar-refractivity contribution in [3.05, 3.63) is 11.3 Å². The van der Waals surface area contributed by atoms with Crippen LogP contribution < -0.4 is 0 Å². The van der Waals surface area contributed by atoms with Crippen molar-refractivity contribution in [2.24, 2.45) is 0 Å². The van der Waals surface area contributed by atoms with Crippen LogP contribution in [0.1, 0.15) is 52.4 Å². The van der Waals surface area contributed by atoms with Gasteiger partial charge in [0.1, 0.15) is 0 Å². The Balaban J connectivity index is 4.28. The zero-order valence-corrected chi connectivity index (χ0v) is 12.8. The lowest BCUT2D eigenvalue weighted by atomic mass is 10.0. The Hall–Kier alpha value is -0.0831. The highest BCUT2D eigenvalue weighted by Gasteiger charge is 2.15. The molecule has 0 aliphatic heterocycles. The average Bonchev–Trinajstić information content (AvgIpc) is 2.19. The monoisotopic (exact) mass is 242 g/mol. The van der Waals surface area contributed by atoms with Crippen molar-refractivity contribution < 1.29 is 5.11 Å². The Morgan fingerprint density at radius 1 is 1.12 bits per heavy atom. The van der Waals surface area contributed by atoms with Crippen LogP contribution >= 0.6 is 0 Å². The van der Waals surface area contributed by atoms with Gasteiger partial charge in [0.25, 0.3) is 0 Å². The van der Waals surface area contributed by atoms with Crippen LogP contribution in [0.15, 0.2) is 11.3 Å². The molecule has 1 nitrogen and oxygen atoms in total. The molecule has 0 heterocycles. The van der Waals surface area contributed by atoms with Gasteiger partial charge < -0.3 is 5.11 Å². The van der Waals surface area contributed by atoms with Gasteiger partial charge in [0.05, 0.1) is 14.2 Å². The molecule has 1 atom stereocenters. The van der Waals surface area contributed by atoms with Gasteiger partial charge in [-0.15, -0.1) is 0 Å². The topological polar surface area (TPSA) is 20.2 Å². The Bertz CT molecular complexity index is 203. The van der Waals surface area contributed by atoms with Crippen LogP contribution in [0.25, 0.3) is 0 Å². The highest BCUT2D eigenvalue weighted by molar-refractivity contribution is 6.81. The highest BCUT2D eigenvalue weighted by Crippen LogP contribution is 2.19. The number of hydrogen-bond donors (Lipinski definition) is 1. The fraction of sp³-hybridized carbons (Fsp3) is 0.857. The summed E-state index contributed by atoms with van der Waals surface area (Å²) in [7, 11) is -1.19. The largest absolute Gasteiger partial charge is 0.389 e. The van der Waals surface area contributed by atoms with E-state index in [1.54, 1.807) is 0 Å². The molecule has 1 N–H and O–H groups in total. The second kappa shape index (κ2) is 8.07. The van der Waals surface area contributed by atoms with Crippen LogP contribution in [-0.4, -0.2) is 19.3 Å². The van der Waals surface area contributed by atoms with Crippen molar-refractivity contribution in [2.45, 2.75) is 78.1 Å². The molecule has 0 aromatic heterocycles. The molecule has 0 aliphatic rings. The minimum absolute atomic E-state index is 0.201. The van der Waals surface area contributed by atoms with Crippen molar-refractivity contribution >= 4 is 8.07 Å². The predicted octanol–water partition coefficient (Wildman–Crippen LogP) is 4.53. The van der Waals surface area contributed by atoms with E-state index >= 15 is 0 Å². The summed E-state index contributed by atoms with van der Waals surface area (Å²) in [5.74, 6) is 0. The molecule has 0 fully saturated rings. The molecule has 0 rings (SSSR count). The van der Waals surface area contributed by atoms with Crippen molar-refractivity contribution in [3.63, 3.8) is 0 Å². The summed E-state index contributed by atoms with van der Waals surface area (Å²) in [6.45, 7) is 11.3. The van der Waals surface area contributed by atoms with E-state index in [1.807, 2.05) is 0 Å². The van der Waals surface area contributed by atoms with E-state index in [4.69, 9.17) is 0 Å². The van der Waals surface area contributed by atoms with Crippen LogP contribution in [0, 0.1) is 0 Å². The Morgan fingerprint density at radius 3 is 2.19 bits per heavy atom. The van der Waals surface area contributed by atoms with Crippen molar-refractivity contribution in [1.82, 2.24) is 0 Å². The first-order valence-corrected chi connectivity index (χ1v) is 10.4. The van der Waals surface area contributed by atoms with Crippen molar-refractivity contribution in [3.8, 4) is 0 Å². The predicted molar refractivity (Wildman–Crippen MR) is 76.5 cm³/mol. The summed E-state index contributed by atoms with van der Waals surface area (Å²) in [6, 6.07) is 0. The summed E-state index contributed by atoms with van der Waals surface area (Å²) in [5, 5.41) is 9.99.